The monoisotopic (exact) mass is 376 g/mol. The molecule has 2 heterocycles. The van der Waals surface area contributed by atoms with Gasteiger partial charge >= 0.3 is 5.69 Å². The van der Waals surface area contributed by atoms with Crippen LogP contribution in [0.1, 0.15) is 11.6 Å². The van der Waals surface area contributed by atoms with Gasteiger partial charge in [-0.05, 0) is 17.7 Å². The predicted molar refractivity (Wildman–Crippen MR) is 103 cm³/mol. The minimum atomic E-state index is -1.08. The van der Waals surface area contributed by atoms with Gasteiger partial charge in [0.1, 0.15) is 12.4 Å². The zero-order valence-electron chi connectivity index (χ0n) is 14.6. The number of hydrogen-bond donors (Lipinski definition) is 3. The number of aromatic nitrogens is 5. The molecule has 3 N–H and O–H groups in total. The van der Waals surface area contributed by atoms with E-state index in [1.165, 1.54) is 6.33 Å². The number of benzene rings is 2. The zero-order valence-corrected chi connectivity index (χ0v) is 14.6. The Morgan fingerprint density at radius 2 is 1.82 bits per heavy atom. The number of anilines is 1. The third-order valence-corrected chi connectivity index (χ3v) is 4.38. The highest BCUT2D eigenvalue weighted by Crippen LogP contribution is 2.15. The molecule has 0 bridgehead atoms. The minimum absolute atomic E-state index is 0.133. The Hall–Kier alpha value is -4.01. The molecule has 0 radical (unpaired) electrons. The first-order chi connectivity index (χ1) is 13.6. The number of aromatic amines is 2. The van der Waals surface area contributed by atoms with Gasteiger partial charge in [-0.3, -0.25) is 14.9 Å². The first-order valence-electron chi connectivity index (χ1n) is 8.57. The van der Waals surface area contributed by atoms with Crippen LogP contribution in [-0.2, 0) is 11.2 Å². The number of nitrogens with one attached hydrogen (secondary N) is 3. The van der Waals surface area contributed by atoms with Crippen molar-refractivity contribution in [1.29, 1.82) is 0 Å². The van der Waals surface area contributed by atoms with E-state index in [1.807, 2.05) is 30.3 Å². The van der Waals surface area contributed by atoms with E-state index in [4.69, 9.17) is 0 Å². The van der Waals surface area contributed by atoms with Crippen molar-refractivity contribution in [3.05, 3.63) is 87.3 Å². The number of carbonyl (C=O) groups is 1. The fourth-order valence-corrected chi connectivity index (χ4v) is 3.06. The largest absolute Gasteiger partial charge is 0.329 e. The van der Waals surface area contributed by atoms with Crippen LogP contribution >= 0.6 is 0 Å². The van der Waals surface area contributed by atoms with E-state index in [1.54, 1.807) is 24.3 Å². The summed E-state index contributed by atoms with van der Waals surface area (Å²) in [6, 6.07) is 14.8. The molecule has 140 valence electrons. The van der Waals surface area contributed by atoms with Gasteiger partial charge in [0.2, 0.25) is 11.9 Å². The number of amides is 1. The highest BCUT2D eigenvalue weighted by atomic mass is 16.2. The summed E-state index contributed by atoms with van der Waals surface area (Å²) in [6.45, 7) is 0. The van der Waals surface area contributed by atoms with Crippen molar-refractivity contribution >= 4 is 22.8 Å². The van der Waals surface area contributed by atoms with Crippen LogP contribution in [0.3, 0.4) is 0 Å². The van der Waals surface area contributed by atoms with Gasteiger partial charge in [0.25, 0.3) is 5.56 Å². The molecule has 0 aliphatic heterocycles. The molecule has 4 rings (SSSR count). The number of fused-ring (bicyclic) bond motifs is 1. The quantitative estimate of drug-likeness (QED) is 0.483. The summed E-state index contributed by atoms with van der Waals surface area (Å²) in [5.74, 6) is -0.420. The van der Waals surface area contributed by atoms with Crippen LogP contribution in [0.25, 0.3) is 10.9 Å². The molecular formula is C19H16N6O3. The molecule has 2 aromatic heterocycles. The number of hydrogen-bond acceptors (Lipinski definition) is 5. The van der Waals surface area contributed by atoms with Crippen LogP contribution in [0, 0.1) is 0 Å². The summed E-state index contributed by atoms with van der Waals surface area (Å²) in [5, 5.41) is 9.10. The molecule has 0 saturated carbocycles. The first-order valence-corrected chi connectivity index (χ1v) is 8.57. The van der Waals surface area contributed by atoms with E-state index in [2.05, 4.69) is 25.5 Å². The van der Waals surface area contributed by atoms with Gasteiger partial charge in [0.15, 0.2) is 0 Å². The van der Waals surface area contributed by atoms with Crippen molar-refractivity contribution in [2.24, 2.45) is 0 Å². The fraction of sp³-hybridized carbons (Fsp3) is 0.105. The van der Waals surface area contributed by atoms with E-state index in [0.29, 0.717) is 10.9 Å². The van der Waals surface area contributed by atoms with Crippen molar-refractivity contribution in [2.45, 2.75) is 12.5 Å². The van der Waals surface area contributed by atoms with Crippen LogP contribution < -0.4 is 16.6 Å². The topological polar surface area (TPSA) is 126 Å². The normalized spacial score (nSPS) is 12.0. The van der Waals surface area contributed by atoms with Gasteiger partial charge in [-0.25, -0.2) is 14.5 Å². The van der Waals surface area contributed by atoms with Crippen LogP contribution in [0.4, 0.5) is 5.95 Å². The summed E-state index contributed by atoms with van der Waals surface area (Å²) in [4.78, 5) is 45.2. The molecule has 1 unspecified atom stereocenters. The molecular weight excluding hydrogens is 360 g/mol. The van der Waals surface area contributed by atoms with E-state index in [-0.39, 0.29) is 12.4 Å². The van der Waals surface area contributed by atoms with Gasteiger partial charge in [0, 0.05) is 6.42 Å². The number of para-hydroxylation sites is 1. The molecule has 1 amide bonds. The maximum Gasteiger partial charge on any atom is 0.329 e. The Labute approximate surface area is 158 Å². The highest BCUT2D eigenvalue weighted by Gasteiger charge is 2.26. The van der Waals surface area contributed by atoms with E-state index >= 15 is 0 Å². The maximum atomic E-state index is 13.0. The standard InChI is InChI=1S/C19H16N6O3/c26-16(23-18-20-11-21-24-18)15(10-12-6-2-1-3-7-12)25-17(27)13-8-4-5-9-14(13)22-19(25)28/h1-9,11,15H,10H2,(H,22,28)(H2,20,21,23,24,26). The van der Waals surface area contributed by atoms with E-state index in [9.17, 15) is 14.4 Å². The van der Waals surface area contributed by atoms with E-state index < -0.39 is 23.2 Å². The maximum absolute atomic E-state index is 13.0. The van der Waals surface area contributed by atoms with Gasteiger partial charge in [-0.1, -0.05) is 42.5 Å². The average Bonchev–Trinajstić information content (AvgIpc) is 3.21. The van der Waals surface area contributed by atoms with Crippen LogP contribution in [0.2, 0.25) is 0 Å². The molecule has 0 saturated heterocycles. The lowest BCUT2D eigenvalue weighted by molar-refractivity contribution is -0.119. The molecule has 9 heteroatoms. The van der Waals surface area contributed by atoms with Crippen molar-refractivity contribution in [2.75, 3.05) is 5.32 Å². The van der Waals surface area contributed by atoms with Crippen LogP contribution in [-0.4, -0.2) is 30.6 Å². The Morgan fingerprint density at radius 1 is 1.07 bits per heavy atom. The van der Waals surface area contributed by atoms with Crippen molar-refractivity contribution < 1.29 is 4.79 Å². The molecule has 4 aromatic rings. The lowest BCUT2D eigenvalue weighted by Gasteiger charge is -2.18. The smallest absolute Gasteiger partial charge is 0.307 e. The Balaban J connectivity index is 1.83. The molecule has 0 fully saturated rings. The average molecular weight is 376 g/mol. The Kier molecular flexibility index (Phi) is 4.55. The van der Waals surface area contributed by atoms with Crippen molar-refractivity contribution in [3.63, 3.8) is 0 Å². The van der Waals surface area contributed by atoms with Gasteiger partial charge in [-0.15, -0.1) is 0 Å². The number of rotatable bonds is 5. The van der Waals surface area contributed by atoms with Gasteiger partial charge in [-0.2, -0.15) is 10.1 Å². The summed E-state index contributed by atoms with van der Waals surface area (Å²) < 4.78 is 0.945. The lowest BCUT2D eigenvalue weighted by Crippen LogP contribution is -2.43. The second kappa shape index (κ2) is 7.31. The van der Waals surface area contributed by atoms with Crippen molar-refractivity contribution in [3.8, 4) is 0 Å². The highest BCUT2D eigenvalue weighted by molar-refractivity contribution is 5.92. The summed E-state index contributed by atoms with van der Waals surface area (Å²) in [5.41, 5.74) is 0.0351. The first kappa shape index (κ1) is 17.4. The van der Waals surface area contributed by atoms with Crippen LogP contribution in [0.5, 0.6) is 0 Å². The third-order valence-electron chi connectivity index (χ3n) is 4.38. The molecule has 0 aliphatic rings. The minimum Gasteiger partial charge on any atom is -0.307 e. The summed E-state index contributed by atoms with van der Waals surface area (Å²) in [6.07, 6.45) is 1.40. The molecule has 0 spiro atoms. The number of carbonyl (C=O) groups excluding carboxylic acids is 1. The molecule has 2 aromatic carbocycles. The van der Waals surface area contributed by atoms with Crippen LogP contribution in [0.15, 0.2) is 70.5 Å². The number of H-pyrrole nitrogens is 2. The molecule has 9 nitrogen and oxygen atoms in total. The third kappa shape index (κ3) is 3.32. The van der Waals surface area contributed by atoms with Gasteiger partial charge in [0.05, 0.1) is 10.9 Å². The second-order valence-electron chi connectivity index (χ2n) is 6.18. The summed E-state index contributed by atoms with van der Waals surface area (Å²) in [7, 11) is 0. The molecule has 1 atom stereocenters. The molecule has 0 aliphatic carbocycles. The number of nitrogens with zero attached hydrogens (tertiary/aromatic N) is 3. The second-order valence-corrected chi connectivity index (χ2v) is 6.18. The summed E-state index contributed by atoms with van der Waals surface area (Å²) >= 11 is 0. The Morgan fingerprint density at radius 3 is 2.57 bits per heavy atom. The molecule has 28 heavy (non-hydrogen) atoms. The van der Waals surface area contributed by atoms with Crippen molar-refractivity contribution in [1.82, 2.24) is 24.7 Å². The lowest BCUT2D eigenvalue weighted by atomic mass is 10.0. The fourth-order valence-electron chi connectivity index (χ4n) is 3.06. The van der Waals surface area contributed by atoms with E-state index in [0.717, 1.165) is 10.1 Å². The van der Waals surface area contributed by atoms with Gasteiger partial charge < -0.3 is 4.98 Å². The predicted octanol–water partition coefficient (Wildman–Crippen LogP) is 1.23. The zero-order chi connectivity index (χ0) is 19.5. The SMILES string of the molecule is O=C(Nc1ncn[nH]1)C(Cc1ccccc1)n1c(=O)[nH]c2ccccc2c1=O. The Bertz CT molecular complexity index is 1230.